The van der Waals surface area contributed by atoms with Crippen LogP contribution in [0.1, 0.15) is 22.0 Å². The number of nitrogens with one attached hydrogen (secondary N) is 1. The number of rotatable bonds is 3. The molecule has 0 fully saturated rings. The third-order valence-electron chi connectivity index (χ3n) is 3.90. The number of anilines is 1. The number of benzene rings is 2. The fraction of sp³-hybridized carbons (Fsp3) is 0.176. The van der Waals surface area contributed by atoms with Gasteiger partial charge in [-0.2, -0.15) is 5.11 Å². The summed E-state index contributed by atoms with van der Waals surface area (Å²) in [5, 5.41) is 12.4. The quantitative estimate of drug-likeness (QED) is 0.760. The van der Waals surface area contributed by atoms with Gasteiger partial charge in [0.2, 0.25) is 5.17 Å². The van der Waals surface area contributed by atoms with E-state index in [4.69, 9.17) is 0 Å². The van der Waals surface area contributed by atoms with Crippen molar-refractivity contribution in [3.63, 3.8) is 0 Å². The molecule has 0 saturated heterocycles. The van der Waals surface area contributed by atoms with Crippen LogP contribution in [0, 0.1) is 0 Å². The van der Waals surface area contributed by atoms with E-state index in [0.717, 1.165) is 15.7 Å². The van der Waals surface area contributed by atoms with Crippen LogP contribution >= 0.6 is 27.7 Å². The number of para-hydroxylation sites is 1. The number of halogens is 1. The smallest absolute Gasteiger partial charge is 0.206 e. The number of carbonyl (C=O) groups is 1. The summed E-state index contributed by atoms with van der Waals surface area (Å²) in [5.41, 5.74) is 2.85. The van der Waals surface area contributed by atoms with E-state index >= 15 is 0 Å². The van der Waals surface area contributed by atoms with Gasteiger partial charge in [0, 0.05) is 21.3 Å². The Morgan fingerprint density at radius 3 is 2.79 bits per heavy atom. The minimum Gasteiger partial charge on any atom is -0.361 e. The number of hydrogen-bond donors (Lipinski definition) is 1. The molecule has 0 bridgehead atoms. The molecule has 2 aliphatic rings. The first kappa shape index (κ1) is 15.5. The molecule has 2 atom stereocenters. The first-order chi connectivity index (χ1) is 11.7. The Labute approximate surface area is 151 Å². The standard InChI is InChI=1S/C17H13BrN4OS/c18-11-7-5-10(6-8-11)14(23)9-24-17-20-16-15(21-22-17)12-3-1-2-4-13(12)19-16/h1-8,15-16,19H,9H2/t15-,16+/m0/s1. The summed E-state index contributed by atoms with van der Waals surface area (Å²) < 4.78 is 0.954. The molecule has 0 radical (unpaired) electrons. The van der Waals surface area contributed by atoms with Crippen molar-refractivity contribution in [1.82, 2.24) is 0 Å². The number of azo groups is 1. The van der Waals surface area contributed by atoms with E-state index in [1.165, 1.54) is 11.8 Å². The lowest BCUT2D eigenvalue weighted by Crippen LogP contribution is -2.21. The van der Waals surface area contributed by atoms with Gasteiger partial charge < -0.3 is 5.32 Å². The predicted octanol–water partition coefficient (Wildman–Crippen LogP) is 4.68. The van der Waals surface area contributed by atoms with E-state index in [1.807, 2.05) is 48.5 Å². The highest BCUT2D eigenvalue weighted by molar-refractivity contribution is 9.10. The van der Waals surface area contributed by atoms with E-state index in [2.05, 4.69) is 36.5 Å². The summed E-state index contributed by atoms with van der Waals surface area (Å²) in [6.07, 6.45) is -0.134. The molecule has 0 aromatic heterocycles. The molecule has 2 heterocycles. The summed E-state index contributed by atoms with van der Waals surface area (Å²) in [6, 6.07) is 15.3. The third kappa shape index (κ3) is 3.01. The molecule has 2 aliphatic heterocycles. The Morgan fingerprint density at radius 2 is 1.96 bits per heavy atom. The monoisotopic (exact) mass is 400 g/mol. The van der Waals surface area contributed by atoms with E-state index in [-0.39, 0.29) is 18.0 Å². The summed E-state index contributed by atoms with van der Waals surface area (Å²) in [5.74, 6) is 0.347. The van der Waals surface area contributed by atoms with Gasteiger partial charge in [-0.05, 0) is 18.2 Å². The number of aliphatic imine (C=N–C) groups is 1. The Bertz CT molecular complexity index is 850. The Kier molecular flexibility index (Phi) is 4.20. The Hall–Kier alpha value is -1.99. The minimum atomic E-state index is -0.134. The van der Waals surface area contributed by atoms with Gasteiger partial charge in [-0.3, -0.25) is 4.79 Å². The van der Waals surface area contributed by atoms with Gasteiger partial charge in [0.15, 0.2) is 11.9 Å². The van der Waals surface area contributed by atoms with Crippen LogP contribution in [0.25, 0.3) is 0 Å². The summed E-state index contributed by atoms with van der Waals surface area (Å²) in [6.45, 7) is 0. The molecule has 0 amide bonds. The number of amidine groups is 1. The van der Waals surface area contributed by atoms with Crippen molar-refractivity contribution in [2.75, 3.05) is 11.1 Å². The van der Waals surface area contributed by atoms with Crippen LogP contribution in [0.2, 0.25) is 0 Å². The first-order valence-corrected chi connectivity index (χ1v) is 9.24. The highest BCUT2D eigenvalue weighted by Crippen LogP contribution is 2.39. The molecule has 0 aliphatic carbocycles. The molecule has 7 heteroatoms. The summed E-state index contributed by atoms with van der Waals surface area (Å²) in [4.78, 5) is 16.8. The molecule has 24 heavy (non-hydrogen) atoms. The van der Waals surface area contributed by atoms with E-state index in [1.54, 1.807) is 0 Å². The average molecular weight is 401 g/mol. The highest BCUT2D eigenvalue weighted by Gasteiger charge is 2.34. The van der Waals surface area contributed by atoms with Crippen molar-refractivity contribution in [2.45, 2.75) is 12.2 Å². The zero-order valence-electron chi connectivity index (χ0n) is 12.5. The van der Waals surface area contributed by atoms with Crippen molar-refractivity contribution in [3.8, 4) is 0 Å². The van der Waals surface area contributed by atoms with Crippen molar-refractivity contribution in [2.24, 2.45) is 15.2 Å². The van der Waals surface area contributed by atoms with Gasteiger partial charge in [-0.25, -0.2) is 4.99 Å². The molecule has 2 aromatic rings. The lowest BCUT2D eigenvalue weighted by atomic mass is 10.1. The number of fused-ring (bicyclic) bond motifs is 3. The van der Waals surface area contributed by atoms with Gasteiger partial charge in [-0.1, -0.05) is 58.0 Å². The fourth-order valence-corrected chi connectivity index (χ4v) is 3.68. The van der Waals surface area contributed by atoms with Crippen LogP contribution in [0.3, 0.4) is 0 Å². The molecule has 2 aromatic carbocycles. The molecule has 1 N–H and O–H groups in total. The predicted molar refractivity (Wildman–Crippen MR) is 99.8 cm³/mol. The topological polar surface area (TPSA) is 66.2 Å². The van der Waals surface area contributed by atoms with Crippen molar-refractivity contribution in [1.29, 1.82) is 0 Å². The second-order valence-corrected chi connectivity index (χ2v) is 7.33. The van der Waals surface area contributed by atoms with Crippen LogP contribution < -0.4 is 5.32 Å². The minimum absolute atomic E-state index is 0.0511. The maximum atomic E-state index is 12.2. The van der Waals surface area contributed by atoms with Gasteiger partial charge >= 0.3 is 0 Å². The second kappa shape index (κ2) is 6.49. The molecule has 0 saturated carbocycles. The van der Waals surface area contributed by atoms with Crippen molar-refractivity contribution < 1.29 is 4.79 Å². The Balaban J connectivity index is 1.42. The van der Waals surface area contributed by atoms with Gasteiger partial charge in [0.1, 0.15) is 6.04 Å². The zero-order valence-corrected chi connectivity index (χ0v) is 14.9. The number of nitrogens with zero attached hydrogens (tertiary/aromatic N) is 3. The zero-order chi connectivity index (χ0) is 16.5. The van der Waals surface area contributed by atoms with Crippen LogP contribution in [-0.4, -0.2) is 22.9 Å². The maximum absolute atomic E-state index is 12.2. The largest absolute Gasteiger partial charge is 0.361 e. The molecule has 5 nitrogen and oxygen atoms in total. The number of hydrogen-bond acceptors (Lipinski definition) is 6. The number of thioether (sulfide) groups is 1. The highest BCUT2D eigenvalue weighted by atomic mass is 79.9. The fourth-order valence-electron chi connectivity index (χ4n) is 2.69. The number of carbonyl (C=O) groups excluding carboxylic acids is 1. The van der Waals surface area contributed by atoms with Crippen molar-refractivity contribution >= 4 is 44.3 Å². The Morgan fingerprint density at radius 1 is 1.17 bits per heavy atom. The van der Waals surface area contributed by atoms with Gasteiger partial charge in [0.05, 0.1) is 5.75 Å². The first-order valence-electron chi connectivity index (χ1n) is 7.46. The van der Waals surface area contributed by atoms with E-state index in [0.29, 0.717) is 16.5 Å². The SMILES string of the molecule is O=C(CSC1=N[C@H]2Nc3ccccc3[C@@H]2N=N1)c1ccc(Br)cc1. The number of ketones is 1. The van der Waals surface area contributed by atoms with Crippen LogP contribution in [-0.2, 0) is 0 Å². The average Bonchev–Trinajstić information content (AvgIpc) is 2.98. The maximum Gasteiger partial charge on any atom is 0.206 e. The number of Topliss-reactive ketones (excluding diaryl/α,β-unsaturated/α-hetero) is 1. The molecule has 0 unspecified atom stereocenters. The van der Waals surface area contributed by atoms with E-state index < -0.39 is 0 Å². The third-order valence-corrected chi connectivity index (χ3v) is 5.28. The summed E-state index contributed by atoms with van der Waals surface area (Å²) in [7, 11) is 0. The second-order valence-electron chi connectivity index (χ2n) is 5.47. The van der Waals surface area contributed by atoms with Gasteiger partial charge in [0.25, 0.3) is 0 Å². The van der Waals surface area contributed by atoms with Crippen LogP contribution in [0.15, 0.2) is 68.2 Å². The normalized spacial score (nSPS) is 20.8. The van der Waals surface area contributed by atoms with Crippen molar-refractivity contribution in [3.05, 3.63) is 64.1 Å². The summed E-state index contributed by atoms with van der Waals surface area (Å²) >= 11 is 4.68. The lowest BCUT2D eigenvalue weighted by molar-refractivity contribution is 0.102. The van der Waals surface area contributed by atoms with E-state index in [9.17, 15) is 4.79 Å². The molecular formula is C17H13BrN4OS. The molecule has 120 valence electrons. The lowest BCUT2D eigenvalue weighted by Gasteiger charge is -2.16. The van der Waals surface area contributed by atoms with Crippen LogP contribution in [0.4, 0.5) is 5.69 Å². The molecular weight excluding hydrogens is 388 g/mol. The van der Waals surface area contributed by atoms with Crippen LogP contribution in [0.5, 0.6) is 0 Å². The van der Waals surface area contributed by atoms with Gasteiger partial charge in [-0.15, -0.1) is 5.11 Å². The molecule has 0 spiro atoms. The molecule has 4 rings (SSSR count).